The summed E-state index contributed by atoms with van der Waals surface area (Å²) in [6, 6.07) is 1.98. The monoisotopic (exact) mass is 281 g/mol. The molecule has 2 rings (SSSR count). The van der Waals surface area contributed by atoms with E-state index in [1.807, 2.05) is 37.7 Å². The van der Waals surface area contributed by atoms with Gasteiger partial charge in [-0.1, -0.05) is 11.8 Å². The summed E-state index contributed by atoms with van der Waals surface area (Å²) in [4.78, 5) is 10.6. The van der Waals surface area contributed by atoms with E-state index in [0.29, 0.717) is 11.0 Å². The van der Waals surface area contributed by atoms with Gasteiger partial charge in [0.05, 0.1) is 5.75 Å². The number of aromatic nitrogens is 5. The van der Waals surface area contributed by atoms with Crippen molar-refractivity contribution in [1.82, 2.24) is 24.5 Å². The van der Waals surface area contributed by atoms with Crippen LogP contribution in [0, 0.1) is 0 Å². The van der Waals surface area contributed by atoms with Gasteiger partial charge in [-0.2, -0.15) is 5.10 Å². The molecular weight excluding hydrogens is 266 g/mol. The van der Waals surface area contributed by atoms with Crippen LogP contribution in [0.3, 0.4) is 0 Å². The number of aryl methyl sites for hydroxylation is 1. The first-order valence-electron chi connectivity index (χ1n) is 5.78. The van der Waals surface area contributed by atoms with Crippen molar-refractivity contribution >= 4 is 17.7 Å². The zero-order chi connectivity index (χ0) is 14.0. The molecule has 2 heterocycles. The minimum Gasteiger partial charge on any atom is -0.481 e. The van der Waals surface area contributed by atoms with Crippen LogP contribution in [0.5, 0.6) is 0 Å². The largest absolute Gasteiger partial charge is 0.481 e. The molecule has 2 aromatic heterocycles. The lowest BCUT2D eigenvalue weighted by Crippen LogP contribution is -2.07. The van der Waals surface area contributed by atoms with Crippen LogP contribution in [0.4, 0.5) is 0 Å². The first kappa shape index (κ1) is 13.6. The third kappa shape index (κ3) is 2.95. The maximum Gasteiger partial charge on any atom is 0.313 e. The molecule has 19 heavy (non-hydrogen) atoms. The zero-order valence-electron chi connectivity index (χ0n) is 10.9. The van der Waals surface area contributed by atoms with Crippen molar-refractivity contribution in [1.29, 1.82) is 0 Å². The molecule has 0 aliphatic carbocycles. The maximum atomic E-state index is 10.6. The summed E-state index contributed by atoms with van der Waals surface area (Å²) in [5.41, 5.74) is 0.728. The lowest BCUT2D eigenvalue weighted by Gasteiger charge is -2.11. The number of carboxylic acid groups (broad SMARTS) is 1. The fraction of sp³-hybridized carbons (Fsp3) is 0.455. The molecule has 0 atom stereocenters. The molecular formula is C11H15N5O2S. The Balaban J connectivity index is 2.37. The third-order valence-corrected chi connectivity index (χ3v) is 3.38. The molecule has 0 bridgehead atoms. The highest BCUT2D eigenvalue weighted by Crippen LogP contribution is 2.26. The van der Waals surface area contributed by atoms with Crippen LogP contribution >= 0.6 is 11.8 Å². The molecule has 0 radical (unpaired) electrons. The molecule has 102 valence electrons. The van der Waals surface area contributed by atoms with Crippen LogP contribution in [0.25, 0.3) is 11.5 Å². The van der Waals surface area contributed by atoms with Crippen molar-refractivity contribution < 1.29 is 9.90 Å². The summed E-state index contributed by atoms with van der Waals surface area (Å²) < 4.78 is 3.59. The SMILES string of the molecule is CC(C)n1c(SCC(=O)O)nnc1-c1ccn(C)n1. The number of rotatable bonds is 5. The van der Waals surface area contributed by atoms with Gasteiger partial charge < -0.3 is 5.11 Å². The summed E-state index contributed by atoms with van der Waals surface area (Å²) in [7, 11) is 1.83. The lowest BCUT2D eigenvalue weighted by molar-refractivity contribution is -0.133. The third-order valence-electron chi connectivity index (χ3n) is 2.45. The van der Waals surface area contributed by atoms with Crippen molar-refractivity contribution in [2.24, 2.45) is 7.05 Å². The number of aliphatic carboxylic acids is 1. The Hall–Kier alpha value is -1.83. The molecule has 0 amide bonds. The molecule has 0 aliphatic rings. The standard InChI is InChI=1S/C11H15N5O2S/c1-7(2)16-10(8-4-5-15(3)14-8)12-13-11(16)19-6-9(17)18/h4-5,7H,6H2,1-3H3,(H,17,18). The van der Waals surface area contributed by atoms with Gasteiger partial charge in [0.25, 0.3) is 0 Å². The predicted molar refractivity (Wildman–Crippen MR) is 71.0 cm³/mol. The first-order chi connectivity index (χ1) is 8.99. The molecule has 0 saturated carbocycles. The van der Waals surface area contributed by atoms with Crippen molar-refractivity contribution in [3.05, 3.63) is 12.3 Å². The van der Waals surface area contributed by atoms with Gasteiger partial charge in [0, 0.05) is 19.3 Å². The van der Waals surface area contributed by atoms with E-state index in [-0.39, 0.29) is 11.8 Å². The van der Waals surface area contributed by atoms with Crippen molar-refractivity contribution in [2.75, 3.05) is 5.75 Å². The second kappa shape index (κ2) is 5.43. The Labute approximate surface area is 114 Å². The van der Waals surface area contributed by atoms with Crippen LogP contribution in [0.2, 0.25) is 0 Å². The Kier molecular flexibility index (Phi) is 3.89. The average Bonchev–Trinajstić information content (AvgIpc) is 2.91. The van der Waals surface area contributed by atoms with Gasteiger partial charge in [-0.3, -0.25) is 14.0 Å². The number of carboxylic acids is 1. The van der Waals surface area contributed by atoms with Gasteiger partial charge in [-0.05, 0) is 19.9 Å². The van der Waals surface area contributed by atoms with E-state index in [2.05, 4.69) is 15.3 Å². The number of thioether (sulfide) groups is 1. The van der Waals surface area contributed by atoms with Gasteiger partial charge in [-0.15, -0.1) is 10.2 Å². The molecule has 0 spiro atoms. The minimum absolute atomic E-state index is 0.0347. The number of hydrogen-bond donors (Lipinski definition) is 1. The molecule has 8 heteroatoms. The molecule has 0 saturated heterocycles. The maximum absolute atomic E-state index is 10.6. The van der Waals surface area contributed by atoms with E-state index in [0.717, 1.165) is 17.5 Å². The van der Waals surface area contributed by atoms with Gasteiger partial charge >= 0.3 is 5.97 Å². The Morgan fingerprint density at radius 3 is 2.74 bits per heavy atom. The Morgan fingerprint density at radius 1 is 1.47 bits per heavy atom. The van der Waals surface area contributed by atoms with Crippen LogP contribution in [0.1, 0.15) is 19.9 Å². The van der Waals surface area contributed by atoms with E-state index in [1.54, 1.807) is 4.68 Å². The summed E-state index contributed by atoms with van der Waals surface area (Å²) in [5, 5.41) is 21.8. The van der Waals surface area contributed by atoms with Crippen LogP contribution in [0.15, 0.2) is 17.4 Å². The van der Waals surface area contributed by atoms with Gasteiger partial charge in [0.1, 0.15) is 5.69 Å². The second-order valence-electron chi connectivity index (χ2n) is 4.33. The second-order valence-corrected chi connectivity index (χ2v) is 5.27. The lowest BCUT2D eigenvalue weighted by atomic mass is 10.3. The van der Waals surface area contributed by atoms with E-state index in [4.69, 9.17) is 5.11 Å². The van der Waals surface area contributed by atoms with E-state index >= 15 is 0 Å². The number of hydrogen-bond acceptors (Lipinski definition) is 5. The highest BCUT2D eigenvalue weighted by atomic mass is 32.2. The zero-order valence-corrected chi connectivity index (χ0v) is 11.8. The normalized spacial score (nSPS) is 11.2. The van der Waals surface area contributed by atoms with E-state index in [1.165, 1.54) is 0 Å². The number of nitrogens with zero attached hydrogens (tertiary/aromatic N) is 5. The van der Waals surface area contributed by atoms with E-state index < -0.39 is 5.97 Å². The molecule has 0 unspecified atom stereocenters. The molecule has 1 N–H and O–H groups in total. The topological polar surface area (TPSA) is 85.8 Å². The smallest absolute Gasteiger partial charge is 0.313 e. The molecule has 2 aromatic rings. The fourth-order valence-electron chi connectivity index (χ4n) is 1.68. The molecule has 0 aliphatic heterocycles. The average molecular weight is 281 g/mol. The Morgan fingerprint density at radius 2 is 2.21 bits per heavy atom. The van der Waals surface area contributed by atoms with Crippen LogP contribution < -0.4 is 0 Å². The summed E-state index contributed by atoms with van der Waals surface area (Å²) >= 11 is 1.16. The molecule has 7 nitrogen and oxygen atoms in total. The summed E-state index contributed by atoms with van der Waals surface area (Å²) in [5.74, 6) is -0.251. The van der Waals surface area contributed by atoms with Crippen LogP contribution in [-0.4, -0.2) is 41.4 Å². The van der Waals surface area contributed by atoms with Crippen molar-refractivity contribution in [2.45, 2.75) is 25.0 Å². The highest BCUT2D eigenvalue weighted by Gasteiger charge is 2.18. The van der Waals surface area contributed by atoms with Crippen molar-refractivity contribution in [3.63, 3.8) is 0 Å². The number of carbonyl (C=O) groups is 1. The van der Waals surface area contributed by atoms with Gasteiger partial charge in [0.15, 0.2) is 11.0 Å². The summed E-state index contributed by atoms with van der Waals surface area (Å²) in [6.45, 7) is 4.00. The quantitative estimate of drug-likeness (QED) is 0.834. The van der Waals surface area contributed by atoms with Crippen molar-refractivity contribution in [3.8, 4) is 11.5 Å². The minimum atomic E-state index is -0.873. The first-order valence-corrected chi connectivity index (χ1v) is 6.77. The predicted octanol–water partition coefficient (Wildman–Crippen LogP) is 1.44. The summed E-state index contributed by atoms with van der Waals surface area (Å²) in [6.07, 6.45) is 1.83. The highest BCUT2D eigenvalue weighted by molar-refractivity contribution is 7.99. The van der Waals surface area contributed by atoms with E-state index in [9.17, 15) is 4.79 Å². The van der Waals surface area contributed by atoms with Crippen LogP contribution in [-0.2, 0) is 11.8 Å². The van der Waals surface area contributed by atoms with Gasteiger partial charge in [0.2, 0.25) is 0 Å². The molecule has 0 fully saturated rings. The fourth-order valence-corrected chi connectivity index (χ4v) is 2.46. The Bertz CT molecular complexity index is 590. The van der Waals surface area contributed by atoms with Gasteiger partial charge in [-0.25, -0.2) is 0 Å². The molecule has 0 aromatic carbocycles.